The minimum atomic E-state index is -3.71. The fraction of sp³-hybridized carbons (Fsp3) is 0.227. The number of nitrogens with zero attached hydrogens (tertiary/aromatic N) is 2. The number of hydrogen-bond acceptors (Lipinski definition) is 5. The molecule has 0 aliphatic rings. The van der Waals surface area contributed by atoms with E-state index in [4.69, 9.17) is 11.6 Å². The van der Waals surface area contributed by atoms with Gasteiger partial charge in [-0.15, -0.1) is 0 Å². The van der Waals surface area contributed by atoms with E-state index in [0.717, 1.165) is 0 Å². The Hall–Kier alpha value is -3.01. The maximum Gasteiger partial charge on any atom is 0.271 e. The van der Waals surface area contributed by atoms with E-state index in [-0.39, 0.29) is 16.0 Å². The van der Waals surface area contributed by atoms with Crippen LogP contribution in [0.1, 0.15) is 40.3 Å². The minimum absolute atomic E-state index is 0.00614. The molecule has 0 bridgehead atoms. The molecule has 3 rings (SSSR count). The van der Waals surface area contributed by atoms with Crippen LogP contribution in [-0.2, 0) is 10.0 Å². The lowest BCUT2D eigenvalue weighted by atomic mass is 10.1. The molecule has 0 aliphatic heterocycles. The first-order valence-corrected chi connectivity index (χ1v) is 11.8. The Labute approximate surface area is 191 Å². The van der Waals surface area contributed by atoms with Crippen molar-refractivity contribution < 1.29 is 18.0 Å². The summed E-state index contributed by atoms with van der Waals surface area (Å²) in [5.74, 6) is -1.21. The Bertz CT molecular complexity index is 1290. The number of aryl methyl sites for hydroxylation is 1. The number of pyridine rings is 1. The van der Waals surface area contributed by atoms with Gasteiger partial charge in [0.25, 0.3) is 11.8 Å². The predicted molar refractivity (Wildman–Crippen MR) is 123 cm³/mol. The molecule has 0 atom stereocenters. The van der Waals surface area contributed by atoms with Crippen LogP contribution in [0.15, 0.2) is 53.4 Å². The summed E-state index contributed by atoms with van der Waals surface area (Å²) in [5.41, 5.74) is 6.22. The second kappa shape index (κ2) is 9.64. The van der Waals surface area contributed by atoms with E-state index in [1.807, 2.05) is 0 Å². The molecule has 32 heavy (non-hydrogen) atoms. The van der Waals surface area contributed by atoms with E-state index in [2.05, 4.69) is 15.8 Å². The van der Waals surface area contributed by atoms with Crippen LogP contribution in [0.3, 0.4) is 0 Å². The first kappa shape index (κ1) is 23.6. The topological polar surface area (TPSA) is 108 Å². The number of halogens is 1. The predicted octanol–water partition coefficient (Wildman–Crippen LogP) is 3.30. The summed E-state index contributed by atoms with van der Waals surface area (Å²) >= 11 is 6.01. The quantitative estimate of drug-likeness (QED) is 0.533. The van der Waals surface area contributed by atoms with Crippen molar-refractivity contribution in [2.24, 2.45) is 0 Å². The lowest BCUT2D eigenvalue weighted by Gasteiger charge is -2.18. The van der Waals surface area contributed by atoms with Gasteiger partial charge < -0.3 is 0 Å². The van der Waals surface area contributed by atoms with Crippen molar-refractivity contribution >= 4 is 44.3 Å². The molecule has 10 heteroatoms. The molecule has 1 aromatic heterocycles. The van der Waals surface area contributed by atoms with Crippen LogP contribution in [0.25, 0.3) is 10.9 Å². The zero-order chi connectivity index (χ0) is 23.5. The number of fused-ring (bicyclic) bond motifs is 1. The average molecular weight is 475 g/mol. The highest BCUT2D eigenvalue weighted by Crippen LogP contribution is 2.21. The molecule has 8 nitrogen and oxygen atoms in total. The van der Waals surface area contributed by atoms with E-state index in [1.54, 1.807) is 45.0 Å². The Kier molecular flexibility index (Phi) is 7.12. The summed E-state index contributed by atoms with van der Waals surface area (Å²) < 4.78 is 26.7. The van der Waals surface area contributed by atoms with Gasteiger partial charge in [-0.1, -0.05) is 31.5 Å². The van der Waals surface area contributed by atoms with Crippen molar-refractivity contribution in [3.8, 4) is 0 Å². The van der Waals surface area contributed by atoms with Crippen LogP contribution in [-0.4, -0.2) is 42.6 Å². The SMILES string of the molecule is CCN(CC)S(=O)(=O)c1cccc(C(=O)NNC(=O)c2cc3cc(Cl)ccc3nc2C)c1. The van der Waals surface area contributed by atoms with Gasteiger partial charge in [-0.2, -0.15) is 4.31 Å². The second-order valence-corrected chi connectivity index (χ2v) is 9.36. The number of hydrogen-bond donors (Lipinski definition) is 2. The summed E-state index contributed by atoms with van der Waals surface area (Å²) in [6, 6.07) is 12.5. The van der Waals surface area contributed by atoms with Gasteiger partial charge in [0.15, 0.2) is 0 Å². The molecule has 0 saturated carbocycles. The molecule has 2 aromatic carbocycles. The lowest BCUT2D eigenvalue weighted by molar-refractivity contribution is 0.0846. The molecule has 0 spiro atoms. The van der Waals surface area contributed by atoms with Crippen LogP contribution in [0.4, 0.5) is 0 Å². The number of sulfonamides is 1. The maximum absolute atomic E-state index is 12.7. The Morgan fingerprint density at radius 1 is 1.00 bits per heavy atom. The fourth-order valence-corrected chi connectivity index (χ4v) is 4.92. The van der Waals surface area contributed by atoms with Crippen molar-refractivity contribution in [2.75, 3.05) is 13.1 Å². The molecular formula is C22H23ClN4O4S. The summed E-state index contributed by atoms with van der Waals surface area (Å²) in [6.07, 6.45) is 0. The zero-order valence-electron chi connectivity index (χ0n) is 17.8. The number of carbonyl (C=O) groups excluding carboxylic acids is 2. The molecule has 3 aromatic rings. The maximum atomic E-state index is 12.7. The molecule has 1 heterocycles. The van der Waals surface area contributed by atoms with Crippen LogP contribution in [0.5, 0.6) is 0 Å². The average Bonchev–Trinajstić information content (AvgIpc) is 2.77. The Morgan fingerprint density at radius 2 is 1.69 bits per heavy atom. The second-order valence-electron chi connectivity index (χ2n) is 6.98. The fourth-order valence-electron chi connectivity index (χ4n) is 3.24. The summed E-state index contributed by atoms with van der Waals surface area (Å²) in [5, 5.41) is 1.20. The number of rotatable bonds is 6. The molecule has 0 saturated heterocycles. The van der Waals surface area contributed by atoms with E-state index in [0.29, 0.717) is 34.7 Å². The third kappa shape index (κ3) is 4.90. The van der Waals surface area contributed by atoms with Gasteiger partial charge in [-0.3, -0.25) is 25.4 Å². The summed E-state index contributed by atoms with van der Waals surface area (Å²) in [7, 11) is -3.71. The van der Waals surface area contributed by atoms with Gasteiger partial charge in [-0.25, -0.2) is 8.42 Å². The highest BCUT2D eigenvalue weighted by molar-refractivity contribution is 7.89. The van der Waals surface area contributed by atoms with Gasteiger partial charge in [0.1, 0.15) is 0 Å². The molecule has 0 aliphatic carbocycles. The normalized spacial score (nSPS) is 11.5. The van der Waals surface area contributed by atoms with E-state index in [9.17, 15) is 18.0 Å². The largest absolute Gasteiger partial charge is 0.271 e. The Balaban J connectivity index is 1.77. The third-order valence-electron chi connectivity index (χ3n) is 4.94. The molecular weight excluding hydrogens is 452 g/mol. The van der Waals surface area contributed by atoms with E-state index in [1.165, 1.54) is 28.6 Å². The molecule has 2 amide bonds. The van der Waals surface area contributed by atoms with Crippen molar-refractivity contribution in [3.05, 3.63) is 70.4 Å². The van der Waals surface area contributed by atoms with Crippen molar-refractivity contribution in [2.45, 2.75) is 25.7 Å². The van der Waals surface area contributed by atoms with Gasteiger partial charge in [0.2, 0.25) is 10.0 Å². The van der Waals surface area contributed by atoms with Gasteiger partial charge in [-0.05, 0) is 49.4 Å². The van der Waals surface area contributed by atoms with Crippen LogP contribution < -0.4 is 10.9 Å². The summed E-state index contributed by atoms with van der Waals surface area (Å²) in [6.45, 7) is 5.80. The van der Waals surface area contributed by atoms with Crippen molar-refractivity contribution in [1.29, 1.82) is 0 Å². The number of hydrazine groups is 1. The smallest absolute Gasteiger partial charge is 0.267 e. The van der Waals surface area contributed by atoms with Crippen molar-refractivity contribution in [3.63, 3.8) is 0 Å². The van der Waals surface area contributed by atoms with Crippen LogP contribution in [0, 0.1) is 6.92 Å². The number of amides is 2. The Morgan fingerprint density at radius 3 is 2.38 bits per heavy atom. The minimum Gasteiger partial charge on any atom is -0.267 e. The molecule has 0 unspecified atom stereocenters. The zero-order valence-corrected chi connectivity index (χ0v) is 19.4. The van der Waals surface area contributed by atoms with Gasteiger partial charge in [0, 0.05) is 29.1 Å². The lowest BCUT2D eigenvalue weighted by Crippen LogP contribution is -2.42. The first-order valence-electron chi connectivity index (χ1n) is 9.95. The van der Waals surface area contributed by atoms with E-state index < -0.39 is 21.8 Å². The summed E-state index contributed by atoms with van der Waals surface area (Å²) in [4.78, 5) is 29.6. The van der Waals surface area contributed by atoms with Gasteiger partial charge >= 0.3 is 0 Å². The molecule has 0 fully saturated rings. The van der Waals surface area contributed by atoms with Crippen LogP contribution >= 0.6 is 11.6 Å². The number of carbonyl (C=O) groups is 2. The van der Waals surface area contributed by atoms with Crippen molar-refractivity contribution in [1.82, 2.24) is 20.1 Å². The first-order chi connectivity index (χ1) is 15.2. The number of nitrogens with one attached hydrogen (secondary N) is 2. The standard InChI is InChI=1S/C22H23ClN4O4S/c1-4-27(5-2)32(30,31)18-8-6-7-15(12-18)21(28)25-26-22(29)19-13-16-11-17(23)9-10-20(16)24-14(19)3/h6-13H,4-5H2,1-3H3,(H,25,28)(H,26,29). The monoisotopic (exact) mass is 474 g/mol. The highest BCUT2D eigenvalue weighted by Gasteiger charge is 2.22. The van der Waals surface area contributed by atoms with E-state index >= 15 is 0 Å². The number of aromatic nitrogens is 1. The van der Waals surface area contributed by atoms with Crippen LogP contribution in [0.2, 0.25) is 5.02 Å². The molecule has 168 valence electrons. The molecule has 2 N–H and O–H groups in total. The highest BCUT2D eigenvalue weighted by atomic mass is 35.5. The van der Waals surface area contributed by atoms with Gasteiger partial charge in [0.05, 0.1) is 21.7 Å². The molecule has 0 radical (unpaired) electrons. The number of benzene rings is 2. The third-order valence-corrected chi connectivity index (χ3v) is 7.22.